The van der Waals surface area contributed by atoms with Crippen LogP contribution < -0.4 is 11.1 Å². The molecule has 14 heavy (non-hydrogen) atoms. The van der Waals surface area contributed by atoms with Gasteiger partial charge in [-0.15, -0.1) is 0 Å². The van der Waals surface area contributed by atoms with E-state index in [0.717, 1.165) is 5.69 Å². The highest BCUT2D eigenvalue weighted by atomic mass is 15.1. The fraction of sp³-hybridized carbons (Fsp3) is 0. The zero-order valence-electron chi connectivity index (χ0n) is 7.25. The highest BCUT2D eigenvalue weighted by Crippen LogP contribution is 2.15. The topological polar surface area (TPSA) is 89.6 Å². The van der Waals surface area contributed by atoms with Gasteiger partial charge in [0.15, 0.2) is 11.6 Å². The number of nitrogens with two attached hydrogens (primary N) is 1. The molecule has 6 nitrogen and oxygen atoms in total. The first kappa shape index (κ1) is 8.36. The number of hydrogen-bond acceptors (Lipinski definition) is 6. The molecule has 2 heterocycles. The van der Waals surface area contributed by atoms with E-state index in [9.17, 15) is 0 Å². The SMILES string of the molecule is Nc1nccnc1Nc1cncnc1. The van der Waals surface area contributed by atoms with Gasteiger partial charge in [0.2, 0.25) is 0 Å². The second kappa shape index (κ2) is 3.65. The molecule has 2 aromatic rings. The quantitative estimate of drug-likeness (QED) is 0.717. The molecule has 2 rings (SSSR count). The van der Waals surface area contributed by atoms with Crippen LogP contribution in [0.15, 0.2) is 31.1 Å². The number of hydrogen-bond donors (Lipinski definition) is 2. The molecule has 0 amide bonds. The number of anilines is 3. The Kier molecular flexibility index (Phi) is 2.18. The fourth-order valence-corrected chi connectivity index (χ4v) is 0.945. The highest BCUT2D eigenvalue weighted by molar-refractivity contribution is 5.63. The lowest BCUT2D eigenvalue weighted by Crippen LogP contribution is -2.01. The Morgan fingerprint density at radius 2 is 1.79 bits per heavy atom. The van der Waals surface area contributed by atoms with Gasteiger partial charge in [-0.25, -0.2) is 19.9 Å². The summed E-state index contributed by atoms with van der Waals surface area (Å²) in [5.74, 6) is 0.846. The molecule has 6 heteroatoms. The molecule has 3 N–H and O–H groups in total. The van der Waals surface area contributed by atoms with Crippen molar-refractivity contribution in [3.05, 3.63) is 31.1 Å². The van der Waals surface area contributed by atoms with Gasteiger partial charge in [0, 0.05) is 12.4 Å². The maximum Gasteiger partial charge on any atom is 0.173 e. The summed E-state index contributed by atoms with van der Waals surface area (Å²) in [6, 6.07) is 0. The standard InChI is InChI=1S/C8H8N6/c9-7-8(13-2-1-12-7)14-6-3-10-5-11-4-6/h1-5H,(H2,9,12)(H,13,14). The summed E-state index contributed by atoms with van der Waals surface area (Å²) in [4.78, 5) is 15.6. The molecule has 70 valence electrons. The number of nitrogens with zero attached hydrogens (tertiary/aromatic N) is 4. The predicted octanol–water partition coefficient (Wildman–Crippen LogP) is 0.592. The number of nitrogen functional groups attached to an aromatic ring is 1. The largest absolute Gasteiger partial charge is 0.381 e. The number of rotatable bonds is 2. The molecular formula is C8H8N6. The zero-order chi connectivity index (χ0) is 9.80. The van der Waals surface area contributed by atoms with Gasteiger partial charge in [-0.05, 0) is 0 Å². The first-order chi connectivity index (χ1) is 6.86. The van der Waals surface area contributed by atoms with E-state index in [0.29, 0.717) is 11.6 Å². The predicted molar refractivity (Wildman–Crippen MR) is 51.8 cm³/mol. The summed E-state index contributed by atoms with van der Waals surface area (Å²) in [5, 5.41) is 2.95. The molecule has 0 aliphatic heterocycles. The Balaban J connectivity index is 2.24. The summed E-state index contributed by atoms with van der Waals surface area (Å²) in [7, 11) is 0. The maximum absolute atomic E-state index is 5.59. The van der Waals surface area contributed by atoms with Crippen molar-refractivity contribution in [1.82, 2.24) is 19.9 Å². The first-order valence-corrected chi connectivity index (χ1v) is 3.95. The summed E-state index contributed by atoms with van der Waals surface area (Å²) in [6.45, 7) is 0. The average Bonchev–Trinajstić information content (AvgIpc) is 2.23. The summed E-state index contributed by atoms with van der Waals surface area (Å²) in [6.07, 6.45) is 7.79. The average molecular weight is 188 g/mol. The van der Waals surface area contributed by atoms with Crippen LogP contribution in [0.5, 0.6) is 0 Å². The first-order valence-electron chi connectivity index (χ1n) is 3.95. The van der Waals surface area contributed by atoms with E-state index >= 15 is 0 Å². The molecule has 0 saturated heterocycles. The van der Waals surface area contributed by atoms with E-state index in [4.69, 9.17) is 5.73 Å². The van der Waals surface area contributed by atoms with Crippen LogP contribution in [0.2, 0.25) is 0 Å². The molecule has 0 atom stereocenters. The third-order valence-electron chi connectivity index (χ3n) is 1.55. The van der Waals surface area contributed by atoms with E-state index in [2.05, 4.69) is 25.3 Å². The maximum atomic E-state index is 5.59. The summed E-state index contributed by atoms with van der Waals surface area (Å²) in [5.41, 5.74) is 6.31. The van der Waals surface area contributed by atoms with Crippen molar-refractivity contribution in [1.29, 1.82) is 0 Å². The molecule has 0 spiro atoms. The number of nitrogens with one attached hydrogen (secondary N) is 1. The van der Waals surface area contributed by atoms with Gasteiger partial charge in [0.1, 0.15) is 6.33 Å². The van der Waals surface area contributed by atoms with E-state index in [-0.39, 0.29) is 0 Å². The lowest BCUT2D eigenvalue weighted by molar-refractivity contribution is 1.15. The van der Waals surface area contributed by atoms with Crippen LogP contribution in [0, 0.1) is 0 Å². The van der Waals surface area contributed by atoms with Gasteiger partial charge in [0.05, 0.1) is 18.1 Å². The smallest absolute Gasteiger partial charge is 0.173 e. The van der Waals surface area contributed by atoms with Crippen LogP contribution in [0.25, 0.3) is 0 Å². The Labute approximate surface area is 80.3 Å². The Bertz CT molecular complexity index is 415. The van der Waals surface area contributed by atoms with Crippen molar-refractivity contribution in [3.8, 4) is 0 Å². The van der Waals surface area contributed by atoms with Crippen molar-refractivity contribution in [2.75, 3.05) is 11.1 Å². The zero-order valence-corrected chi connectivity index (χ0v) is 7.25. The van der Waals surface area contributed by atoms with Crippen LogP contribution in [-0.4, -0.2) is 19.9 Å². The highest BCUT2D eigenvalue weighted by Gasteiger charge is 2.00. The molecule has 0 aliphatic rings. The van der Waals surface area contributed by atoms with E-state index in [1.165, 1.54) is 12.5 Å². The van der Waals surface area contributed by atoms with E-state index < -0.39 is 0 Å². The second-order valence-corrected chi connectivity index (χ2v) is 2.54. The molecule has 0 fully saturated rings. The Morgan fingerprint density at radius 1 is 1.07 bits per heavy atom. The molecular weight excluding hydrogens is 180 g/mol. The third kappa shape index (κ3) is 1.74. The van der Waals surface area contributed by atoms with Crippen LogP contribution in [0.3, 0.4) is 0 Å². The second-order valence-electron chi connectivity index (χ2n) is 2.54. The molecule has 0 unspecified atom stereocenters. The van der Waals surface area contributed by atoms with Gasteiger partial charge in [-0.1, -0.05) is 0 Å². The molecule has 0 aliphatic carbocycles. The third-order valence-corrected chi connectivity index (χ3v) is 1.55. The van der Waals surface area contributed by atoms with Crippen LogP contribution in [0.4, 0.5) is 17.3 Å². The lowest BCUT2D eigenvalue weighted by Gasteiger charge is -2.04. The van der Waals surface area contributed by atoms with Crippen LogP contribution >= 0.6 is 0 Å². The van der Waals surface area contributed by atoms with Gasteiger partial charge in [0.25, 0.3) is 0 Å². The summed E-state index contributed by atoms with van der Waals surface area (Å²) >= 11 is 0. The molecule has 0 radical (unpaired) electrons. The summed E-state index contributed by atoms with van der Waals surface area (Å²) < 4.78 is 0. The van der Waals surface area contributed by atoms with E-state index in [1.54, 1.807) is 18.6 Å². The fourth-order valence-electron chi connectivity index (χ4n) is 0.945. The molecule has 0 bridgehead atoms. The minimum atomic E-state index is 0.344. The van der Waals surface area contributed by atoms with Crippen molar-refractivity contribution in [2.45, 2.75) is 0 Å². The monoisotopic (exact) mass is 188 g/mol. The Morgan fingerprint density at radius 3 is 2.50 bits per heavy atom. The van der Waals surface area contributed by atoms with Crippen molar-refractivity contribution >= 4 is 17.3 Å². The minimum absolute atomic E-state index is 0.344. The lowest BCUT2D eigenvalue weighted by atomic mass is 10.5. The van der Waals surface area contributed by atoms with Crippen molar-refractivity contribution in [2.24, 2.45) is 0 Å². The Hall–Kier alpha value is -2.24. The van der Waals surface area contributed by atoms with Crippen LogP contribution in [0.1, 0.15) is 0 Å². The van der Waals surface area contributed by atoms with Gasteiger partial charge in [-0.2, -0.15) is 0 Å². The van der Waals surface area contributed by atoms with Gasteiger partial charge in [-0.3, -0.25) is 0 Å². The van der Waals surface area contributed by atoms with Crippen LogP contribution in [-0.2, 0) is 0 Å². The minimum Gasteiger partial charge on any atom is -0.381 e. The van der Waals surface area contributed by atoms with Gasteiger partial charge >= 0.3 is 0 Å². The molecule has 0 aromatic carbocycles. The molecule has 0 saturated carbocycles. The normalized spacial score (nSPS) is 9.71. The van der Waals surface area contributed by atoms with E-state index in [1.807, 2.05) is 0 Å². The molecule has 2 aromatic heterocycles. The van der Waals surface area contributed by atoms with Crippen molar-refractivity contribution in [3.63, 3.8) is 0 Å². The van der Waals surface area contributed by atoms with Crippen molar-refractivity contribution < 1.29 is 0 Å². The van der Waals surface area contributed by atoms with Gasteiger partial charge < -0.3 is 11.1 Å². The number of aromatic nitrogens is 4.